The highest BCUT2D eigenvalue weighted by Gasteiger charge is 2.29. The summed E-state index contributed by atoms with van der Waals surface area (Å²) in [5.74, 6) is -0.816. The fraction of sp³-hybridized carbons (Fsp3) is 0.333. The van der Waals surface area contributed by atoms with Crippen LogP contribution in [-0.4, -0.2) is 48.2 Å². The van der Waals surface area contributed by atoms with Gasteiger partial charge in [0.2, 0.25) is 10.0 Å². The van der Waals surface area contributed by atoms with Gasteiger partial charge in [0.1, 0.15) is 5.82 Å². The SMILES string of the molecule is CC[n+]1c([O-])c(CN2CCN(S(=O)(=O)c3ccc(F)cc3)CC2)c(=O)n2ccccc21. The molecule has 1 aliphatic heterocycles. The molecule has 1 saturated heterocycles. The van der Waals surface area contributed by atoms with E-state index in [0.717, 1.165) is 12.1 Å². The molecule has 1 aliphatic rings. The third-order valence-corrected chi connectivity index (χ3v) is 7.49. The molecular formula is C21H23FN4O4S. The van der Waals surface area contributed by atoms with E-state index in [-0.39, 0.29) is 41.5 Å². The van der Waals surface area contributed by atoms with Crippen molar-refractivity contribution >= 4 is 15.7 Å². The van der Waals surface area contributed by atoms with E-state index in [1.807, 2.05) is 11.8 Å². The summed E-state index contributed by atoms with van der Waals surface area (Å²) in [7, 11) is -3.72. The lowest BCUT2D eigenvalue weighted by atomic mass is 10.2. The number of benzene rings is 1. The Balaban J connectivity index is 1.54. The van der Waals surface area contributed by atoms with Gasteiger partial charge in [-0.2, -0.15) is 8.71 Å². The zero-order valence-electron chi connectivity index (χ0n) is 17.1. The van der Waals surface area contributed by atoms with Gasteiger partial charge in [-0.3, -0.25) is 4.90 Å². The number of sulfonamides is 1. The lowest BCUT2D eigenvalue weighted by Crippen LogP contribution is -2.50. The zero-order valence-corrected chi connectivity index (χ0v) is 17.9. The van der Waals surface area contributed by atoms with Crippen LogP contribution < -0.4 is 15.2 Å². The first-order valence-electron chi connectivity index (χ1n) is 10.0. The van der Waals surface area contributed by atoms with Crippen LogP contribution in [0.15, 0.2) is 58.4 Å². The molecule has 0 unspecified atom stereocenters. The predicted octanol–water partition coefficient (Wildman–Crippen LogP) is 0.326. The minimum absolute atomic E-state index is 0.0426. The number of hydrogen-bond donors (Lipinski definition) is 0. The van der Waals surface area contributed by atoms with E-state index in [1.54, 1.807) is 29.0 Å². The number of aromatic nitrogens is 2. The second kappa shape index (κ2) is 8.37. The van der Waals surface area contributed by atoms with Gasteiger partial charge in [0.15, 0.2) is 0 Å². The average molecular weight is 447 g/mol. The van der Waals surface area contributed by atoms with Gasteiger partial charge < -0.3 is 5.11 Å². The predicted molar refractivity (Wildman–Crippen MR) is 109 cm³/mol. The number of hydrogen-bond acceptors (Lipinski definition) is 5. The first kappa shape index (κ1) is 21.4. The molecule has 0 saturated carbocycles. The Morgan fingerprint density at radius 1 is 1.06 bits per heavy atom. The number of nitrogens with zero attached hydrogens (tertiary/aromatic N) is 4. The van der Waals surface area contributed by atoms with Crippen molar-refractivity contribution in [2.45, 2.75) is 24.9 Å². The largest absolute Gasteiger partial charge is 0.842 e. The summed E-state index contributed by atoms with van der Waals surface area (Å²) in [5, 5.41) is 12.9. The Labute approximate surface area is 179 Å². The fourth-order valence-corrected chi connectivity index (χ4v) is 5.30. The van der Waals surface area contributed by atoms with E-state index >= 15 is 0 Å². The molecule has 8 nitrogen and oxygen atoms in total. The van der Waals surface area contributed by atoms with Crippen molar-refractivity contribution in [1.29, 1.82) is 0 Å². The van der Waals surface area contributed by atoms with E-state index in [9.17, 15) is 22.7 Å². The van der Waals surface area contributed by atoms with Gasteiger partial charge in [0.25, 0.3) is 5.65 Å². The molecule has 1 aromatic carbocycles. The van der Waals surface area contributed by atoms with Gasteiger partial charge >= 0.3 is 5.56 Å². The summed E-state index contributed by atoms with van der Waals surface area (Å²) in [6.07, 6.45) is 1.64. The van der Waals surface area contributed by atoms with E-state index < -0.39 is 15.8 Å². The van der Waals surface area contributed by atoms with Crippen LogP contribution >= 0.6 is 0 Å². The quantitative estimate of drug-likeness (QED) is 0.527. The monoisotopic (exact) mass is 446 g/mol. The van der Waals surface area contributed by atoms with Crippen LogP contribution in [0.1, 0.15) is 12.5 Å². The molecule has 1 fully saturated rings. The zero-order chi connectivity index (χ0) is 22.2. The van der Waals surface area contributed by atoms with Gasteiger partial charge in [-0.15, -0.1) is 0 Å². The molecule has 31 heavy (non-hydrogen) atoms. The van der Waals surface area contributed by atoms with Crippen LogP contribution in [0.25, 0.3) is 5.65 Å². The maximum atomic E-state index is 13.1. The highest BCUT2D eigenvalue weighted by Crippen LogP contribution is 2.19. The van der Waals surface area contributed by atoms with Crippen LogP contribution in [-0.2, 0) is 23.1 Å². The Morgan fingerprint density at radius 3 is 2.39 bits per heavy atom. The molecule has 0 bridgehead atoms. The first-order valence-corrected chi connectivity index (χ1v) is 11.5. The van der Waals surface area contributed by atoms with Crippen molar-refractivity contribution in [3.63, 3.8) is 0 Å². The summed E-state index contributed by atoms with van der Waals surface area (Å²) >= 11 is 0. The van der Waals surface area contributed by atoms with Crippen LogP contribution in [0.3, 0.4) is 0 Å². The molecule has 3 heterocycles. The molecule has 0 aliphatic carbocycles. The van der Waals surface area contributed by atoms with E-state index in [1.165, 1.54) is 20.8 Å². The Hall–Kier alpha value is -2.82. The normalized spacial score (nSPS) is 16.1. The number of halogens is 1. The minimum Gasteiger partial charge on any atom is -0.842 e. The molecule has 0 atom stereocenters. The summed E-state index contributed by atoms with van der Waals surface area (Å²) < 4.78 is 43.1. The Bertz CT molecular complexity index is 1270. The molecule has 0 N–H and O–H groups in total. The van der Waals surface area contributed by atoms with Gasteiger partial charge in [0, 0.05) is 38.8 Å². The lowest BCUT2D eigenvalue weighted by molar-refractivity contribution is -0.714. The third-order valence-electron chi connectivity index (χ3n) is 5.58. The molecule has 0 spiro atoms. The molecule has 3 aromatic rings. The van der Waals surface area contributed by atoms with Crippen LogP contribution in [0, 0.1) is 5.82 Å². The molecule has 4 rings (SSSR count). The van der Waals surface area contributed by atoms with Crippen molar-refractivity contribution in [1.82, 2.24) is 13.6 Å². The van der Waals surface area contributed by atoms with E-state index in [4.69, 9.17) is 0 Å². The number of piperazine rings is 1. The molecule has 2 aromatic heterocycles. The number of rotatable bonds is 5. The second-order valence-corrected chi connectivity index (χ2v) is 9.33. The topological polar surface area (TPSA) is 89.0 Å². The smallest absolute Gasteiger partial charge is 0.346 e. The summed E-state index contributed by atoms with van der Waals surface area (Å²) in [6.45, 7) is 3.63. The van der Waals surface area contributed by atoms with Gasteiger partial charge in [-0.1, -0.05) is 6.07 Å². The molecule has 164 valence electrons. The maximum absolute atomic E-state index is 13.1. The fourth-order valence-electron chi connectivity index (χ4n) is 3.88. The summed E-state index contributed by atoms with van der Waals surface area (Å²) in [5.41, 5.74) is 0.353. The van der Waals surface area contributed by atoms with E-state index in [0.29, 0.717) is 25.3 Å². The highest BCUT2D eigenvalue weighted by atomic mass is 32.2. The minimum atomic E-state index is -3.72. The first-order chi connectivity index (χ1) is 14.8. The standard InChI is InChI=1S/C21H23FN4O4S/c1-2-25-19-5-3-4-10-26(19)21(28)18(20(25)27)15-23-11-13-24(14-12-23)31(29,30)17-8-6-16(22)7-9-17/h3-10H,2,11-15H2,1H3. The molecular weight excluding hydrogens is 423 g/mol. The van der Waals surface area contributed by atoms with Crippen molar-refractivity contribution in [2.75, 3.05) is 26.2 Å². The average Bonchev–Trinajstić information content (AvgIpc) is 2.78. The number of pyridine rings is 1. The third kappa shape index (κ3) is 3.93. The van der Waals surface area contributed by atoms with Crippen molar-refractivity contribution in [2.24, 2.45) is 0 Å². The number of aryl methyl sites for hydroxylation is 1. The maximum Gasteiger partial charge on any atom is 0.346 e. The van der Waals surface area contributed by atoms with E-state index in [2.05, 4.69) is 0 Å². The van der Waals surface area contributed by atoms with Crippen LogP contribution in [0.2, 0.25) is 0 Å². The number of fused-ring (bicyclic) bond motifs is 1. The highest BCUT2D eigenvalue weighted by molar-refractivity contribution is 7.89. The van der Waals surface area contributed by atoms with Gasteiger partial charge in [0.05, 0.1) is 29.1 Å². The van der Waals surface area contributed by atoms with Crippen LogP contribution in [0.5, 0.6) is 5.88 Å². The van der Waals surface area contributed by atoms with Crippen LogP contribution in [0.4, 0.5) is 4.39 Å². The van der Waals surface area contributed by atoms with Crippen molar-refractivity contribution in [3.05, 3.63) is 70.4 Å². The second-order valence-electron chi connectivity index (χ2n) is 7.40. The Morgan fingerprint density at radius 2 is 1.74 bits per heavy atom. The summed E-state index contributed by atoms with van der Waals surface area (Å²) in [6, 6.07) is 9.99. The van der Waals surface area contributed by atoms with Gasteiger partial charge in [-0.05, 0) is 37.3 Å². The molecule has 0 amide bonds. The summed E-state index contributed by atoms with van der Waals surface area (Å²) in [4.78, 5) is 14.9. The molecule has 10 heteroatoms. The lowest BCUT2D eigenvalue weighted by Gasteiger charge is -2.34. The van der Waals surface area contributed by atoms with Crippen molar-refractivity contribution in [3.8, 4) is 5.88 Å². The van der Waals surface area contributed by atoms with Crippen molar-refractivity contribution < 1.29 is 22.5 Å². The Kier molecular flexibility index (Phi) is 5.78. The molecule has 0 radical (unpaired) electrons. The van der Waals surface area contributed by atoms with Gasteiger partial charge in [-0.25, -0.2) is 22.2 Å².